The molecule has 1 aliphatic rings. The van der Waals surface area contributed by atoms with E-state index in [1.54, 1.807) is 33.9 Å². The molecule has 7 atom stereocenters. The lowest BCUT2D eigenvalue weighted by atomic mass is 10.0. The summed E-state index contributed by atoms with van der Waals surface area (Å²) in [4.78, 5) is 121. The van der Waals surface area contributed by atoms with Crippen LogP contribution in [0.25, 0.3) is 10.9 Å². The van der Waals surface area contributed by atoms with Crippen LogP contribution in [0.5, 0.6) is 0 Å². The molecule has 20 nitrogen and oxygen atoms in total. The summed E-state index contributed by atoms with van der Waals surface area (Å²) in [7, 11) is 2.02. The van der Waals surface area contributed by atoms with E-state index in [1.807, 2.05) is 24.3 Å². The number of carbonyl (C=O) groups excluding carboxylic acids is 8. The fourth-order valence-electron chi connectivity index (χ4n) is 6.15. The molecular weight excluding hydrogens is 823 g/mol. The first-order chi connectivity index (χ1) is 28.3. The molecule has 1 saturated heterocycles. The molecule has 0 saturated carbocycles. The van der Waals surface area contributed by atoms with Gasteiger partial charge in [-0.1, -0.05) is 67.5 Å². The zero-order valence-corrected chi connectivity index (χ0v) is 35.6. The standard InChI is InChI=1S/C38H55N9O11S2/c1-18(2)12-26-34(54)46-28(36(56)43-25(32(39)52)13-21-14-40-23-9-7-6-8-22(21)23)16-59-60-17-29(47-38(58)31(19(3)4)41-20(5)49)37(57)45-27(15-48)35(55)42-24(33(53)44-26)10-11-30(50)51/h6-9,14,18-19,24-29,31,40,48H,10-13,15-17H2,1-5H3,(H2,39,52)(H,41,49)(H,42,55)(H,43,56)(H,44,53)(H,45,57)(H,46,54)(H,47,58)(H,50,51)/t24-,25-,26-,27-,28-,29-,31-/m0/s1. The van der Waals surface area contributed by atoms with Crippen LogP contribution in [0.15, 0.2) is 30.5 Å². The van der Waals surface area contributed by atoms with Crippen molar-refractivity contribution in [2.24, 2.45) is 17.6 Å². The Balaban J connectivity index is 2.02. The minimum atomic E-state index is -1.67. The summed E-state index contributed by atoms with van der Waals surface area (Å²) < 4.78 is 0. The van der Waals surface area contributed by atoms with Crippen LogP contribution in [0.1, 0.15) is 59.4 Å². The molecule has 1 aliphatic heterocycles. The Hall–Kier alpha value is -5.35. The van der Waals surface area contributed by atoms with Gasteiger partial charge < -0.3 is 58.1 Å². The number of fused-ring (bicyclic) bond motifs is 1. The Labute approximate surface area is 354 Å². The zero-order valence-electron chi connectivity index (χ0n) is 34.0. The highest BCUT2D eigenvalue weighted by atomic mass is 33.1. The number of amides is 8. The molecule has 8 amide bonds. The number of aromatic amines is 1. The first-order valence-electron chi connectivity index (χ1n) is 19.3. The summed E-state index contributed by atoms with van der Waals surface area (Å²) in [6.45, 7) is 7.14. The summed E-state index contributed by atoms with van der Waals surface area (Å²) in [6.07, 6.45) is 0.700. The van der Waals surface area contributed by atoms with Gasteiger partial charge in [-0.2, -0.15) is 0 Å². The van der Waals surface area contributed by atoms with Crippen molar-refractivity contribution < 1.29 is 53.4 Å². The summed E-state index contributed by atoms with van der Waals surface area (Å²) in [5, 5.41) is 38.0. The van der Waals surface area contributed by atoms with Gasteiger partial charge in [0.05, 0.1) is 6.61 Å². The molecule has 0 unspecified atom stereocenters. The van der Waals surface area contributed by atoms with Gasteiger partial charge in [-0.05, 0) is 36.3 Å². The normalized spacial score (nSPS) is 22.0. The number of carboxylic acids is 1. The van der Waals surface area contributed by atoms with Crippen LogP contribution in [0, 0.1) is 11.8 Å². The average Bonchev–Trinajstić information content (AvgIpc) is 3.58. The highest BCUT2D eigenvalue weighted by Crippen LogP contribution is 2.24. The number of carbonyl (C=O) groups is 9. The van der Waals surface area contributed by atoms with Gasteiger partial charge in [-0.15, -0.1) is 0 Å². The van der Waals surface area contributed by atoms with Crippen LogP contribution in [-0.4, -0.2) is 129 Å². The molecule has 1 aromatic carbocycles. The number of hydrogen-bond donors (Lipinski definition) is 11. The SMILES string of the molecule is CC(=O)N[C@H](C(=O)N[C@H]1CSSC[C@@H](C(=O)N[C@@H](Cc2c[nH]c3ccccc23)C(N)=O)NC(=O)[C@H](CC(C)C)NC(=O)[C@H](CCC(=O)O)NC(=O)[C@H](CO)NC1=O)C(C)C. The van der Waals surface area contributed by atoms with E-state index in [1.165, 1.54) is 6.92 Å². The quantitative estimate of drug-likeness (QED) is 0.0916. The van der Waals surface area contributed by atoms with Crippen molar-refractivity contribution in [2.45, 2.75) is 103 Å². The molecule has 2 aromatic rings. The van der Waals surface area contributed by atoms with Crippen molar-refractivity contribution in [3.8, 4) is 0 Å². The van der Waals surface area contributed by atoms with E-state index in [0.717, 1.165) is 32.5 Å². The smallest absolute Gasteiger partial charge is 0.303 e. The van der Waals surface area contributed by atoms with Gasteiger partial charge in [-0.3, -0.25) is 43.2 Å². The zero-order chi connectivity index (χ0) is 44.7. The highest BCUT2D eigenvalue weighted by molar-refractivity contribution is 8.76. The lowest BCUT2D eigenvalue weighted by Gasteiger charge is -2.27. The maximum atomic E-state index is 14.0. The largest absolute Gasteiger partial charge is 0.481 e. The number of nitrogens with two attached hydrogens (primary N) is 1. The molecule has 0 bridgehead atoms. The first kappa shape index (κ1) is 49.0. The number of para-hydroxylation sites is 1. The number of nitrogens with one attached hydrogen (secondary N) is 8. The van der Waals surface area contributed by atoms with E-state index in [4.69, 9.17) is 5.73 Å². The molecule has 3 rings (SSSR count). The third-order valence-electron chi connectivity index (χ3n) is 9.32. The molecule has 1 aromatic heterocycles. The van der Waals surface area contributed by atoms with Crippen molar-refractivity contribution in [2.75, 3.05) is 18.1 Å². The number of carboxylic acid groups (broad SMARTS) is 1. The van der Waals surface area contributed by atoms with E-state index in [2.05, 4.69) is 42.2 Å². The molecule has 330 valence electrons. The number of hydrogen-bond acceptors (Lipinski definition) is 12. The predicted octanol–water partition coefficient (Wildman–Crippen LogP) is -1.44. The maximum absolute atomic E-state index is 14.0. The fourth-order valence-corrected chi connectivity index (χ4v) is 8.48. The number of aliphatic carboxylic acids is 1. The minimum Gasteiger partial charge on any atom is -0.481 e. The first-order valence-corrected chi connectivity index (χ1v) is 21.8. The Morgan fingerprint density at radius 2 is 1.47 bits per heavy atom. The van der Waals surface area contributed by atoms with Gasteiger partial charge in [0.2, 0.25) is 47.3 Å². The Morgan fingerprint density at radius 1 is 0.850 bits per heavy atom. The van der Waals surface area contributed by atoms with Crippen LogP contribution in [-0.2, 0) is 49.6 Å². The number of rotatable bonds is 15. The topological polar surface area (TPSA) is 320 Å². The minimum absolute atomic E-state index is 0.00428. The molecule has 60 heavy (non-hydrogen) atoms. The van der Waals surface area contributed by atoms with Gasteiger partial charge in [0.1, 0.15) is 42.3 Å². The highest BCUT2D eigenvalue weighted by Gasteiger charge is 2.35. The summed E-state index contributed by atoms with van der Waals surface area (Å²) in [5.41, 5.74) is 7.23. The number of aliphatic hydroxyl groups excluding tert-OH is 1. The number of aromatic nitrogens is 1. The summed E-state index contributed by atoms with van der Waals surface area (Å²) in [6, 6.07) is -2.27. The van der Waals surface area contributed by atoms with Gasteiger partial charge in [-0.25, -0.2) is 0 Å². The van der Waals surface area contributed by atoms with Gasteiger partial charge in [0.25, 0.3) is 0 Å². The summed E-state index contributed by atoms with van der Waals surface area (Å²) in [5.74, 6) is -8.95. The third kappa shape index (κ3) is 15.0. The molecule has 22 heteroatoms. The molecule has 0 spiro atoms. The summed E-state index contributed by atoms with van der Waals surface area (Å²) >= 11 is 0. The Kier molecular flexibility index (Phi) is 19.2. The predicted molar refractivity (Wildman–Crippen MR) is 224 cm³/mol. The number of H-pyrrole nitrogens is 1. The van der Waals surface area contributed by atoms with Gasteiger partial charge in [0.15, 0.2) is 0 Å². The van der Waals surface area contributed by atoms with Crippen molar-refractivity contribution in [1.29, 1.82) is 0 Å². The van der Waals surface area contributed by atoms with Crippen molar-refractivity contribution in [1.82, 2.24) is 42.2 Å². The van der Waals surface area contributed by atoms with Gasteiger partial charge >= 0.3 is 5.97 Å². The molecular formula is C38H55N9O11S2. The van der Waals surface area contributed by atoms with Crippen molar-refractivity contribution >= 4 is 85.7 Å². The van der Waals surface area contributed by atoms with E-state index >= 15 is 0 Å². The second kappa shape index (κ2) is 23.4. The Bertz CT molecular complexity index is 1890. The lowest BCUT2D eigenvalue weighted by molar-refractivity contribution is -0.139. The van der Waals surface area contributed by atoms with Crippen LogP contribution in [0.2, 0.25) is 0 Å². The molecule has 12 N–H and O–H groups in total. The molecule has 0 aliphatic carbocycles. The second-order valence-corrected chi connectivity index (χ2v) is 17.6. The van der Waals surface area contributed by atoms with Gasteiger partial charge in [0, 0.05) is 48.4 Å². The third-order valence-corrected chi connectivity index (χ3v) is 11.7. The van der Waals surface area contributed by atoms with Crippen LogP contribution in [0.4, 0.5) is 0 Å². The van der Waals surface area contributed by atoms with E-state index in [9.17, 15) is 53.4 Å². The van der Waals surface area contributed by atoms with Crippen molar-refractivity contribution in [3.63, 3.8) is 0 Å². The molecule has 0 radical (unpaired) electrons. The van der Waals surface area contributed by atoms with E-state index in [0.29, 0.717) is 5.56 Å². The van der Waals surface area contributed by atoms with Crippen LogP contribution >= 0.6 is 21.6 Å². The van der Waals surface area contributed by atoms with E-state index in [-0.39, 0.29) is 30.3 Å². The lowest BCUT2D eigenvalue weighted by Crippen LogP contribution is -2.61. The van der Waals surface area contributed by atoms with Crippen LogP contribution in [0.3, 0.4) is 0 Å². The average molecular weight is 878 g/mol. The number of aliphatic hydroxyl groups is 1. The second-order valence-electron chi connectivity index (χ2n) is 15.1. The number of benzene rings is 1. The monoisotopic (exact) mass is 877 g/mol. The molecule has 1 fully saturated rings. The van der Waals surface area contributed by atoms with Crippen molar-refractivity contribution in [3.05, 3.63) is 36.0 Å². The molecule has 2 heterocycles. The maximum Gasteiger partial charge on any atom is 0.303 e. The number of primary amides is 1. The Morgan fingerprint density at radius 3 is 2.08 bits per heavy atom. The van der Waals surface area contributed by atoms with E-state index < -0.39 is 121 Å². The van der Waals surface area contributed by atoms with Crippen LogP contribution < -0.4 is 43.0 Å². The fraction of sp³-hybridized carbons (Fsp3) is 0.553.